The Labute approximate surface area is 207 Å². The zero-order valence-corrected chi connectivity index (χ0v) is 21.4. The predicted octanol–water partition coefficient (Wildman–Crippen LogP) is 6.89. The van der Waals surface area contributed by atoms with Crippen molar-refractivity contribution in [1.82, 2.24) is 9.47 Å². The van der Waals surface area contributed by atoms with Gasteiger partial charge in [-0.2, -0.15) is 0 Å². The highest BCUT2D eigenvalue weighted by Crippen LogP contribution is 2.39. The zero-order chi connectivity index (χ0) is 24.2. The van der Waals surface area contributed by atoms with Gasteiger partial charge >= 0.3 is 0 Å². The van der Waals surface area contributed by atoms with Crippen molar-refractivity contribution in [2.75, 3.05) is 18.4 Å². The molecule has 7 heteroatoms. The fraction of sp³-hybridized carbons (Fsp3) is 0.444. The van der Waals surface area contributed by atoms with Gasteiger partial charge in [-0.25, -0.2) is 0 Å². The monoisotopic (exact) mass is 477 g/mol. The van der Waals surface area contributed by atoms with Crippen LogP contribution < -0.4 is 5.32 Å². The van der Waals surface area contributed by atoms with Gasteiger partial charge in [-0.15, -0.1) is 10.2 Å². The normalized spacial score (nSPS) is 19.2. The summed E-state index contributed by atoms with van der Waals surface area (Å²) < 4.78 is 1.94. The summed E-state index contributed by atoms with van der Waals surface area (Å²) in [6.45, 7) is 11.5. The van der Waals surface area contributed by atoms with E-state index in [4.69, 9.17) is 12.2 Å². The molecule has 0 radical (unpaired) electrons. The van der Waals surface area contributed by atoms with Crippen molar-refractivity contribution >= 4 is 39.6 Å². The first kappa shape index (κ1) is 24.4. The van der Waals surface area contributed by atoms with Crippen molar-refractivity contribution in [2.24, 2.45) is 22.1 Å². The average molecular weight is 478 g/mol. The second kappa shape index (κ2) is 10.7. The number of thiocarbonyl (C=S) groups is 1. The summed E-state index contributed by atoms with van der Waals surface area (Å²) in [6, 6.07) is 14.2. The average Bonchev–Trinajstić information content (AvgIpc) is 3.08. The Hall–Kier alpha value is -2.77. The van der Waals surface area contributed by atoms with Crippen LogP contribution in [-0.4, -0.2) is 32.8 Å². The standard InChI is InChI=1S/C27H35N5OS/c1-5-20-10-9-11-21(6-2)24(20)28-27(34)30-29-25-22-12-7-8-13-23(22)32(26(25)33)17-31-15-18(3)14-19(4)16-31/h7-13,18-19,33H,5-6,14-17H2,1-4H3,(H,28,34). The lowest BCUT2D eigenvalue weighted by molar-refractivity contribution is 0.108. The molecular weight excluding hydrogens is 442 g/mol. The van der Waals surface area contributed by atoms with Crippen LogP contribution in [0.15, 0.2) is 52.7 Å². The van der Waals surface area contributed by atoms with E-state index in [1.165, 1.54) is 17.5 Å². The van der Waals surface area contributed by atoms with E-state index in [0.717, 1.165) is 42.5 Å². The van der Waals surface area contributed by atoms with Gasteiger partial charge in [0, 0.05) is 24.2 Å². The van der Waals surface area contributed by atoms with Gasteiger partial charge in [0.05, 0.1) is 12.2 Å². The maximum atomic E-state index is 11.2. The molecule has 3 aromatic rings. The Balaban J connectivity index is 1.60. The van der Waals surface area contributed by atoms with Crippen LogP contribution in [-0.2, 0) is 19.5 Å². The number of hydrogen-bond acceptors (Lipinski definition) is 4. The topological polar surface area (TPSA) is 65.2 Å². The summed E-state index contributed by atoms with van der Waals surface area (Å²) in [6.07, 6.45) is 3.05. The highest BCUT2D eigenvalue weighted by atomic mass is 32.1. The SMILES string of the molecule is CCc1cccc(CC)c1NC(=S)N=Nc1c(O)n(CN2CC(C)CC(C)C2)c2ccccc12. The number of piperidine rings is 1. The molecule has 180 valence electrons. The molecule has 2 N–H and O–H groups in total. The minimum atomic E-state index is 0.127. The summed E-state index contributed by atoms with van der Waals surface area (Å²) in [7, 11) is 0. The summed E-state index contributed by atoms with van der Waals surface area (Å²) in [5, 5.41) is 24.3. The first-order valence-corrected chi connectivity index (χ1v) is 12.7. The molecule has 1 aromatic heterocycles. The van der Waals surface area contributed by atoms with Crippen molar-refractivity contribution in [2.45, 2.75) is 53.6 Å². The maximum Gasteiger partial charge on any atom is 0.221 e. The van der Waals surface area contributed by atoms with Crippen LogP contribution >= 0.6 is 12.2 Å². The number of fused-ring (bicyclic) bond motifs is 1. The number of azo groups is 1. The van der Waals surface area contributed by atoms with Gasteiger partial charge < -0.3 is 10.4 Å². The molecule has 0 aliphatic carbocycles. The van der Waals surface area contributed by atoms with Gasteiger partial charge in [0.1, 0.15) is 0 Å². The first-order chi connectivity index (χ1) is 16.4. The molecule has 0 saturated carbocycles. The van der Waals surface area contributed by atoms with Crippen LogP contribution in [0, 0.1) is 11.8 Å². The molecule has 6 nitrogen and oxygen atoms in total. The van der Waals surface area contributed by atoms with Gasteiger partial charge in [-0.3, -0.25) is 9.47 Å². The van der Waals surface area contributed by atoms with E-state index >= 15 is 0 Å². The smallest absolute Gasteiger partial charge is 0.221 e. The van der Waals surface area contributed by atoms with Gasteiger partial charge in [0.25, 0.3) is 0 Å². The van der Waals surface area contributed by atoms with E-state index in [2.05, 4.69) is 66.3 Å². The van der Waals surface area contributed by atoms with E-state index in [1.807, 2.05) is 28.8 Å². The van der Waals surface area contributed by atoms with Gasteiger partial charge in [-0.05, 0) is 60.5 Å². The van der Waals surface area contributed by atoms with Crippen molar-refractivity contribution in [3.8, 4) is 5.88 Å². The molecule has 4 rings (SSSR count). The molecule has 2 heterocycles. The summed E-state index contributed by atoms with van der Waals surface area (Å²) in [4.78, 5) is 2.41. The van der Waals surface area contributed by atoms with Crippen LogP contribution in [0.25, 0.3) is 10.9 Å². The predicted molar refractivity (Wildman–Crippen MR) is 144 cm³/mol. The zero-order valence-electron chi connectivity index (χ0n) is 20.6. The lowest BCUT2D eigenvalue weighted by atomic mass is 9.92. The molecule has 1 fully saturated rings. The van der Waals surface area contributed by atoms with Crippen molar-refractivity contribution in [3.63, 3.8) is 0 Å². The third-order valence-electron chi connectivity index (χ3n) is 6.67. The second-order valence-corrected chi connectivity index (χ2v) is 9.92. The summed E-state index contributed by atoms with van der Waals surface area (Å²) >= 11 is 5.51. The van der Waals surface area contributed by atoms with Crippen molar-refractivity contribution in [3.05, 3.63) is 53.6 Å². The number of para-hydroxylation sites is 2. The number of nitrogens with one attached hydrogen (secondary N) is 1. The van der Waals surface area contributed by atoms with E-state index < -0.39 is 0 Å². The highest BCUT2D eigenvalue weighted by molar-refractivity contribution is 7.80. The molecule has 1 aliphatic heterocycles. The fourth-order valence-electron chi connectivity index (χ4n) is 5.25. The van der Waals surface area contributed by atoms with E-state index in [-0.39, 0.29) is 11.0 Å². The largest absolute Gasteiger partial charge is 0.493 e. The number of aryl methyl sites for hydroxylation is 2. The van der Waals surface area contributed by atoms with Gasteiger partial charge in [0.15, 0.2) is 5.69 Å². The number of anilines is 1. The Bertz CT molecular complexity index is 1170. The van der Waals surface area contributed by atoms with E-state index in [0.29, 0.717) is 24.2 Å². The lowest BCUT2D eigenvalue weighted by Gasteiger charge is -2.35. The maximum absolute atomic E-state index is 11.2. The molecule has 2 unspecified atom stereocenters. The molecule has 1 aliphatic rings. The summed E-state index contributed by atoms with van der Waals surface area (Å²) in [5.41, 5.74) is 4.81. The molecule has 1 saturated heterocycles. The fourth-order valence-corrected chi connectivity index (χ4v) is 5.39. The van der Waals surface area contributed by atoms with E-state index in [1.54, 1.807) is 0 Å². The molecule has 0 bridgehead atoms. The number of aromatic hydroxyl groups is 1. The molecule has 2 atom stereocenters. The molecular formula is C27H35N5OS. The molecule has 34 heavy (non-hydrogen) atoms. The number of rotatable bonds is 6. The Morgan fingerprint density at radius 1 is 1.03 bits per heavy atom. The Morgan fingerprint density at radius 2 is 1.68 bits per heavy atom. The first-order valence-electron chi connectivity index (χ1n) is 12.3. The quantitative estimate of drug-likeness (QED) is 0.300. The molecule has 2 aromatic carbocycles. The number of nitrogens with zero attached hydrogens (tertiary/aromatic N) is 4. The number of hydrogen-bond donors (Lipinski definition) is 2. The van der Waals surface area contributed by atoms with Crippen molar-refractivity contribution < 1.29 is 5.11 Å². The minimum absolute atomic E-state index is 0.127. The van der Waals surface area contributed by atoms with Crippen LogP contribution in [0.4, 0.5) is 11.4 Å². The number of aromatic nitrogens is 1. The lowest BCUT2D eigenvalue weighted by Crippen LogP contribution is -2.39. The molecule has 0 spiro atoms. The number of benzene rings is 2. The van der Waals surface area contributed by atoms with Crippen molar-refractivity contribution in [1.29, 1.82) is 0 Å². The second-order valence-electron chi connectivity index (χ2n) is 9.53. The van der Waals surface area contributed by atoms with Gasteiger partial charge in [-0.1, -0.05) is 64.1 Å². The third-order valence-corrected chi connectivity index (χ3v) is 6.86. The highest BCUT2D eigenvalue weighted by Gasteiger charge is 2.24. The summed E-state index contributed by atoms with van der Waals surface area (Å²) in [5.74, 6) is 1.42. The van der Waals surface area contributed by atoms with Crippen LogP contribution in [0.5, 0.6) is 5.88 Å². The van der Waals surface area contributed by atoms with Crippen LogP contribution in [0.1, 0.15) is 45.2 Å². The molecule has 0 amide bonds. The minimum Gasteiger partial charge on any atom is -0.493 e. The Morgan fingerprint density at radius 3 is 2.32 bits per heavy atom. The Kier molecular flexibility index (Phi) is 7.63. The van der Waals surface area contributed by atoms with Gasteiger partial charge in [0.2, 0.25) is 11.0 Å². The van der Waals surface area contributed by atoms with E-state index in [9.17, 15) is 5.11 Å². The third kappa shape index (κ3) is 5.15. The van der Waals surface area contributed by atoms with Crippen LogP contribution in [0.3, 0.4) is 0 Å². The van der Waals surface area contributed by atoms with Crippen LogP contribution in [0.2, 0.25) is 0 Å². The number of likely N-dealkylation sites (tertiary alicyclic amines) is 1.